The molecule has 2 heterocycles. The topological polar surface area (TPSA) is 91.5 Å². The van der Waals surface area contributed by atoms with E-state index >= 15 is 0 Å². The zero-order valence-electron chi connectivity index (χ0n) is 16.6. The van der Waals surface area contributed by atoms with Gasteiger partial charge >= 0.3 is 5.97 Å². The summed E-state index contributed by atoms with van der Waals surface area (Å²) in [6.45, 7) is -0.171. The van der Waals surface area contributed by atoms with Crippen LogP contribution in [-0.4, -0.2) is 53.4 Å². The Morgan fingerprint density at radius 1 is 1.13 bits per heavy atom. The summed E-state index contributed by atoms with van der Waals surface area (Å²) in [5.41, 5.74) is 2.79. The third-order valence-electron chi connectivity index (χ3n) is 5.45. The first-order chi connectivity index (χ1) is 14.6. The average molecular weight is 405 g/mol. The Labute approximate surface area is 174 Å². The summed E-state index contributed by atoms with van der Waals surface area (Å²) in [5.74, 6) is -1.11. The summed E-state index contributed by atoms with van der Waals surface area (Å²) in [5, 5.41) is 3.78. The fraction of sp³-hybridized carbons (Fsp3) is 0.261. The van der Waals surface area contributed by atoms with E-state index < -0.39 is 18.1 Å². The highest BCUT2D eigenvalue weighted by Gasteiger charge is 2.40. The number of amides is 2. The number of para-hydroxylation sites is 1. The number of H-pyrrole nitrogens is 1. The van der Waals surface area contributed by atoms with Gasteiger partial charge in [-0.25, -0.2) is 4.79 Å². The largest absolute Gasteiger partial charge is 0.467 e. The van der Waals surface area contributed by atoms with Crippen molar-refractivity contribution in [3.8, 4) is 0 Å². The van der Waals surface area contributed by atoms with Crippen molar-refractivity contribution in [1.82, 2.24) is 15.2 Å². The van der Waals surface area contributed by atoms with E-state index in [0.717, 1.165) is 22.0 Å². The van der Waals surface area contributed by atoms with E-state index in [-0.39, 0.29) is 24.8 Å². The first-order valence-electron chi connectivity index (χ1n) is 9.83. The summed E-state index contributed by atoms with van der Waals surface area (Å²) in [6, 6.07) is 15.6. The number of esters is 1. The van der Waals surface area contributed by atoms with Crippen molar-refractivity contribution in [3.63, 3.8) is 0 Å². The van der Waals surface area contributed by atoms with Gasteiger partial charge < -0.3 is 19.9 Å². The van der Waals surface area contributed by atoms with Gasteiger partial charge in [0.1, 0.15) is 18.6 Å². The zero-order chi connectivity index (χ0) is 21.1. The highest BCUT2D eigenvalue weighted by atomic mass is 16.5. The van der Waals surface area contributed by atoms with Crippen LogP contribution in [0.3, 0.4) is 0 Å². The van der Waals surface area contributed by atoms with Crippen LogP contribution in [0, 0.1) is 0 Å². The number of aromatic amines is 1. The number of piperazine rings is 1. The third kappa shape index (κ3) is 3.91. The van der Waals surface area contributed by atoms with Gasteiger partial charge in [-0.15, -0.1) is 0 Å². The lowest BCUT2D eigenvalue weighted by Crippen LogP contribution is -2.63. The fourth-order valence-corrected chi connectivity index (χ4v) is 3.95. The molecule has 30 heavy (non-hydrogen) atoms. The number of nitrogens with zero attached hydrogens (tertiary/aromatic N) is 1. The molecule has 1 fully saturated rings. The average Bonchev–Trinajstić information content (AvgIpc) is 3.17. The summed E-state index contributed by atoms with van der Waals surface area (Å²) < 4.78 is 4.95. The molecule has 0 aliphatic carbocycles. The second kappa shape index (κ2) is 8.41. The molecule has 0 saturated carbocycles. The van der Waals surface area contributed by atoms with E-state index in [1.54, 1.807) is 0 Å². The lowest BCUT2D eigenvalue weighted by molar-refractivity contribution is -0.157. The molecule has 4 rings (SSSR count). The second-order valence-corrected chi connectivity index (χ2v) is 7.38. The molecular formula is C23H23N3O4. The number of carbonyl (C=O) groups is 3. The lowest BCUT2D eigenvalue weighted by atomic mass is 9.99. The van der Waals surface area contributed by atoms with Gasteiger partial charge in [0.25, 0.3) is 0 Å². The molecule has 7 heteroatoms. The van der Waals surface area contributed by atoms with E-state index in [4.69, 9.17) is 4.74 Å². The Morgan fingerprint density at radius 3 is 2.63 bits per heavy atom. The van der Waals surface area contributed by atoms with Crippen LogP contribution in [0.25, 0.3) is 10.9 Å². The monoisotopic (exact) mass is 405 g/mol. The molecule has 3 aromatic rings. The first kappa shape index (κ1) is 19.7. The minimum atomic E-state index is -0.860. The number of rotatable bonds is 6. The van der Waals surface area contributed by atoms with Crippen molar-refractivity contribution in [3.05, 3.63) is 71.9 Å². The van der Waals surface area contributed by atoms with Crippen molar-refractivity contribution in [1.29, 1.82) is 0 Å². The predicted molar refractivity (Wildman–Crippen MR) is 112 cm³/mol. The zero-order valence-corrected chi connectivity index (χ0v) is 16.6. The number of fused-ring (bicyclic) bond motifs is 1. The van der Waals surface area contributed by atoms with Crippen LogP contribution in [0.4, 0.5) is 0 Å². The number of aromatic nitrogens is 1. The number of carbonyl (C=O) groups excluding carboxylic acids is 3. The predicted octanol–water partition coefficient (Wildman–Crippen LogP) is 1.82. The van der Waals surface area contributed by atoms with Crippen LogP contribution >= 0.6 is 0 Å². The van der Waals surface area contributed by atoms with E-state index in [2.05, 4.69) is 10.3 Å². The smallest absolute Gasteiger partial charge is 0.328 e. The molecule has 0 unspecified atom stereocenters. The Hall–Kier alpha value is -3.61. The number of hydrogen-bond acceptors (Lipinski definition) is 4. The van der Waals surface area contributed by atoms with Gasteiger partial charge in [-0.1, -0.05) is 48.5 Å². The highest BCUT2D eigenvalue weighted by molar-refractivity contribution is 5.98. The van der Waals surface area contributed by atoms with Crippen molar-refractivity contribution < 1.29 is 19.1 Å². The van der Waals surface area contributed by atoms with Crippen LogP contribution in [0.2, 0.25) is 0 Å². The lowest BCUT2D eigenvalue weighted by Gasteiger charge is -2.36. The van der Waals surface area contributed by atoms with Crippen molar-refractivity contribution in [2.45, 2.75) is 24.9 Å². The first-order valence-corrected chi connectivity index (χ1v) is 9.83. The Morgan fingerprint density at radius 2 is 1.87 bits per heavy atom. The summed E-state index contributed by atoms with van der Waals surface area (Å²) in [4.78, 5) is 42.7. The van der Waals surface area contributed by atoms with Crippen molar-refractivity contribution in [2.24, 2.45) is 0 Å². The van der Waals surface area contributed by atoms with Crippen LogP contribution in [0.1, 0.15) is 11.1 Å². The molecule has 154 valence electrons. The highest BCUT2D eigenvalue weighted by Crippen LogP contribution is 2.22. The minimum absolute atomic E-state index is 0.171. The molecular weight excluding hydrogens is 382 g/mol. The normalized spacial score (nSPS) is 17.6. The van der Waals surface area contributed by atoms with Gasteiger partial charge in [-0.05, 0) is 17.2 Å². The van der Waals surface area contributed by atoms with Gasteiger partial charge in [0.05, 0.1) is 7.11 Å². The number of ether oxygens (including phenoxy) is 1. The third-order valence-corrected chi connectivity index (χ3v) is 5.45. The van der Waals surface area contributed by atoms with Gasteiger partial charge in [0.15, 0.2) is 0 Å². The summed E-state index contributed by atoms with van der Waals surface area (Å²) >= 11 is 0. The molecule has 2 aromatic carbocycles. The standard InChI is InChI=1S/C23H23N3O4/c1-30-23(29)20(11-15-7-3-2-4-8-15)26-14-21(27)25-19(22(26)28)12-16-13-24-18-10-6-5-9-17(16)18/h2-10,13,19-20,24H,11-12,14H2,1H3,(H,25,27)/t19-,20-/m0/s1. The van der Waals surface area contributed by atoms with Crippen LogP contribution in [-0.2, 0) is 32.0 Å². The molecule has 1 aromatic heterocycles. The molecule has 2 atom stereocenters. The second-order valence-electron chi connectivity index (χ2n) is 7.38. The molecule has 7 nitrogen and oxygen atoms in total. The van der Waals surface area contributed by atoms with Gasteiger partial charge in [0, 0.05) is 29.9 Å². The van der Waals surface area contributed by atoms with E-state index in [0.29, 0.717) is 6.42 Å². The number of hydrogen-bond donors (Lipinski definition) is 2. The molecule has 0 radical (unpaired) electrons. The Kier molecular flexibility index (Phi) is 5.52. The molecule has 0 spiro atoms. The fourth-order valence-electron chi connectivity index (χ4n) is 3.95. The van der Waals surface area contributed by atoms with Crippen LogP contribution in [0.5, 0.6) is 0 Å². The van der Waals surface area contributed by atoms with Gasteiger partial charge in [0.2, 0.25) is 11.8 Å². The molecule has 2 amide bonds. The maximum atomic E-state index is 13.3. The Bertz CT molecular complexity index is 1080. The molecule has 1 saturated heterocycles. The van der Waals surface area contributed by atoms with Gasteiger partial charge in [-0.2, -0.15) is 0 Å². The SMILES string of the molecule is COC(=O)[C@H](Cc1ccccc1)N1CC(=O)N[C@@H](Cc2c[nH]c3ccccc23)C1=O. The Balaban J connectivity index is 1.59. The molecule has 1 aliphatic rings. The molecule has 0 bridgehead atoms. The molecule has 1 aliphatic heterocycles. The van der Waals surface area contributed by atoms with Crippen LogP contribution in [0.15, 0.2) is 60.8 Å². The maximum absolute atomic E-state index is 13.3. The summed E-state index contributed by atoms with van der Waals surface area (Å²) in [6.07, 6.45) is 2.47. The summed E-state index contributed by atoms with van der Waals surface area (Å²) in [7, 11) is 1.29. The minimum Gasteiger partial charge on any atom is -0.467 e. The maximum Gasteiger partial charge on any atom is 0.328 e. The van der Waals surface area contributed by atoms with Crippen LogP contribution < -0.4 is 5.32 Å². The number of methoxy groups -OCH3 is 1. The van der Waals surface area contributed by atoms with E-state index in [9.17, 15) is 14.4 Å². The van der Waals surface area contributed by atoms with Gasteiger partial charge in [-0.3, -0.25) is 9.59 Å². The van der Waals surface area contributed by atoms with E-state index in [1.165, 1.54) is 12.0 Å². The number of nitrogens with one attached hydrogen (secondary N) is 2. The quantitative estimate of drug-likeness (QED) is 0.612. The van der Waals surface area contributed by atoms with Crippen molar-refractivity contribution in [2.75, 3.05) is 13.7 Å². The van der Waals surface area contributed by atoms with Crippen molar-refractivity contribution >= 4 is 28.7 Å². The van der Waals surface area contributed by atoms with E-state index in [1.807, 2.05) is 60.8 Å². The molecule has 2 N–H and O–H groups in total. The number of benzene rings is 2.